The van der Waals surface area contributed by atoms with Crippen LogP contribution in [0.2, 0.25) is 5.02 Å². The number of imide groups is 1. The van der Waals surface area contributed by atoms with Gasteiger partial charge >= 0.3 is 0 Å². The Balaban J connectivity index is 1.75. The molecular weight excluding hydrogens is 426 g/mol. The minimum atomic E-state index is -0.442. The van der Waals surface area contributed by atoms with Crippen molar-refractivity contribution in [3.63, 3.8) is 0 Å². The van der Waals surface area contributed by atoms with Crippen molar-refractivity contribution in [2.75, 3.05) is 7.11 Å². The van der Waals surface area contributed by atoms with Gasteiger partial charge in [-0.05, 0) is 47.9 Å². The first-order valence-electron chi connectivity index (χ1n) is 7.57. The molecule has 0 unspecified atom stereocenters. The third-order valence-electron chi connectivity index (χ3n) is 3.91. The van der Waals surface area contributed by atoms with Gasteiger partial charge in [0, 0.05) is 9.50 Å². The average Bonchev–Trinajstić information content (AvgIpc) is 2.84. The van der Waals surface area contributed by atoms with Crippen LogP contribution >= 0.6 is 39.3 Å². The number of amides is 2. The van der Waals surface area contributed by atoms with Crippen molar-refractivity contribution in [2.24, 2.45) is 0 Å². The highest BCUT2D eigenvalue weighted by atomic mass is 79.9. The fourth-order valence-electron chi connectivity index (χ4n) is 2.65. The molecule has 0 N–H and O–H groups in total. The van der Waals surface area contributed by atoms with Gasteiger partial charge in [0.1, 0.15) is 5.75 Å². The third-order valence-corrected chi connectivity index (χ3v) is 5.73. The second-order valence-corrected chi connectivity index (χ2v) is 8.09. The molecule has 130 valence electrons. The summed E-state index contributed by atoms with van der Waals surface area (Å²) in [6.07, 6.45) is 0.439. The number of hydrogen-bond acceptors (Lipinski definition) is 4. The Kier molecular flexibility index (Phi) is 5.71. The van der Waals surface area contributed by atoms with Gasteiger partial charge in [-0.1, -0.05) is 51.4 Å². The van der Waals surface area contributed by atoms with Crippen LogP contribution in [-0.2, 0) is 17.8 Å². The summed E-state index contributed by atoms with van der Waals surface area (Å²) in [4.78, 5) is 26.3. The van der Waals surface area contributed by atoms with Crippen molar-refractivity contribution in [2.45, 2.75) is 18.2 Å². The molecule has 25 heavy (non-hydrogen) atoms. The smallest absolute Gasteiger partial charge is 0.289 e. The third kappa shape index (κ3) is 4.19. The minimum absolute atomic E-state index is 0.174. The maximum Gasteiger partial charge on any atom is 0.289 e. The van der Waals surface area contributed by atoms with E-state index in [1.54, 1.807) is 19.2 Å². The lowest BCUT2D eigenvalue weighted by Crippen LogP contribution is -2.31. The molecule has 3 rings (SSSR count). The van der Waals surface area contributed by atoms with E-state index in [2.05, 4.69) is 15.9 Å². The number of hydrogen-bond donors (Lipinski definition) is 0. The maximum atomic E-state index is 12.7. The molecule has 4 nitrogen and oxygen atoms in total. The Morgan fingerprint density at radius 1 is 1.20 bits per heavy atom. The largest absolute Gasteiger partial charge is 0.496 e. The van der Waals surface area contributed by atoms with Gasteiger partial charge in [0.05, 0.1) is 18.9 Å². The minimum Gasteiger partial charge on any atom is -0.496 e. The van der Waals surface area contributed by atoms with Crippen LogP contribution in [0.1, 0.15) is 11.1 Å². The molecule has 7 heteroatoms. The zero-order valence-electron chi connectivity index (χ0n) is 13.4. The van der Waals surface area contributed by atoms with E-state index >= 15 is 0 Å². The number of thioether (sulfide) groups is 1. The lowest BCUT2D eigenvalue weighted by Gasteiger charge is -2.15. The molecule has 2 aromatic rings. The van der Waals surface area contributed by atoms with Crippen LogP contribution in [0.5, 0.6) is 5.75 Å². The Bertz CT molecular complexity index is 812. The molecule has 1 saturated heterocycles. The highest BCUT2D eigenvalue weighted by Crippen LogP contribution is 2.34. The first kappa shape index (κ1) is 18.3. The second kappa shape index (κ2) is 7.81. The van der Waals surface area contributed by atoms with Gasteiger partial charge in [-0.15, -0.1) is 0 Å². The van der Waals surface area contributed by atoms with Crippen LogP contribution in [0.25, 0.3) is 0 Å². The molecule has 1 heterocycles. The van der Waals surface area contributed by atoms with E-state index in [1.807, 2.05) is 30.3 Å². The SMILES string of the molecule is COc1ccc(Br)cc1C[C@H]1SC(=O)N(Cc2ccc(Cl)cc2)C1=O. The molecule has 0 radical (unpaired) electrons. The molecule has 1 atom stereocenters. The first-order valence-corrected chi connectivity index (χ1v) is 9.62. The molecule has 1 aliphatic heterocycles. The monoisotopic (exact) mass is 439 g/mol. The molecular formula is C18H15BrClNO3S. The standard InChI is InChI=1S/C18H15BrClNO3S/c1-24-15-7-4-13(19)8-12(15)9-16-17(22)21(18(23)25-16)10-11-2-5-14(20)6-3-11/h2-8,16H,9-10H2,1H3/t16-/m1/s1. The molecule has 0 saturated carbocycles. The van der Waals surface area contributed by atoms with E-state index in [4.69, 9.17) is 16.3 Å². The number of benzene rings is 2. The van der Waals surface area contributed by atoms with Crippen molar-refractivity contribution in [3.05, 3.63) is 63.1 Å². The van der Waals surface area contributed by atoms with Crippen LogP contribution in [-0.4, -0.2) is 28.4 Å². The predicted molar refractivity (Wildman–Crippen MR) is 103 cm³/mol. The van der Waals surface area contributed by atoms with Gasteiger partial charge in [0.2, 0.25) is 5.91 Å². The van der Waals surface area contributed by atoms with Gasteiger partial charge in [0.25, 0.3) is 5.24 Å². The molecule has 1 fully saturated rings. The number of nitrogens with zero attached hydrogens (tertiary/aromatic N) is 1. The number of halogens is 2. The summed E-state index contributed by atoms with van der Waals surface area (Å²) in [5.74, 6) is 0.534. The molecule has 0 aromatic heterocycles. The van der Waals surface area contributed by atoms with Gasteiger partial charge in [-0.3, -0.25) is 14.5 Å². The Morgan fingerprint density at radius 3 is 2.60 bits per heavy atom. The normalized spacial score (nSPS) is 17.2. The summed E-state index contributed by atoms with van der Waals surface area (Å²) >= 11 is 10.4. The first-order chi connectivity index (χ1) is 12.0. The Morgan fingerprint density at radius 2 is 1.92 bits per heavy atom. The van der Waals surface area contributed by atoms with E-state index in [1.165, 1.54) is 4.90 Å². The fourth-order valence-corrected chi connectivity index (χ4v) is 4.20. The van der Waals surface area contributed by atoms with Gasteiger partial charge < -0.3 is 4.74 Å². The van der Waals surface area contributed by atoms with Crippen LogP contribution in [0.3, 0.4) is 0 Å². The van der Waals surface area contributed by atoms with Gasteiger partial charge in [0.15, 0.2) is 0 Å². The predicted octanol–water partition coefficient (Wildman–Crippen LogP) is 4.92. The summed E-state index contributed by atoms with van der Waals surface area (Å²) in [7, 11) is 1.59. The van der Waals surface area contributed by atoms with Gasteiger partial charge in [-0.2, -0.15) is 0 Å². The van der Waals surface area contributed by atoms with E-state index in [0.29, 0.717) is 17.2 Å². The Labute approximate surface area is 163 Å². The number of ether oxygens (including phenoxy) is 1. The second-order valence-electron chi connectivity index (χ2n) is 5.58. The lowest BCUT2D eigenvalue weighted by molar-refractivity contribution is -0.127. The molecule has 0 bridgehead atoms. The zero-order chi connectivity index (χ0) is 18.0. The van der Waals surface area contributed by atoms with Crippen molar-refractivity contribution < 1.29 is 14.3 Å². The van der Waals surface area contributed by atoms with E-state index in [-0.39, 0.29) is 17.7 Å². The molecule has 0 aliphatic carbocycles. The summed E-state index contributed by atoms with van der Waals surface area (Å²) in [5, 5.41) is -0.0428. The van der Waals surface area contributed by atoms with Crippen molar-refractivity contribution in [1.29, 1.82) is 0 Å². The van der Waals surface area contributed by atoms with Crippen LogP contribution in [0.4, 0.5) is 4.79 Å². The van der Waals surface area contributed by atoms with Crippen molar-refractivity contribution in [3.8, 4) is 5.75 Å². The van der Waals surface area contributed by atoms with Crippen molar-refractivity contribution in [1.82, 2.24) is 4.90 Å². The Hall–Kier alpha value is -1.50. The fraction of sp³-hybridized carbons (Fsp3) is 0.222. The highest BCUT2D eigenvalue weighted by molar-refractivity contribution is 9.10. The molecule has 1 aliphatic rings. The van der Waals surface area contributed by atoms with Crippen LogP contribution in [0.15, 0.2) is 46.9 Å². The van der Waals surface area contributed by atoms with E-state index in [0.717, 1.165) is 27.4 Å². The van der Waals surface area contributed by atoms with Crippen molar-refractivity contribution >= 4 is 50.4 Å². The summed E-state index contributed by atoms with van der Waals surface area (Å²) in [5.41, 5.74) is 1.76. The lowest BCUT2D eigenvalue weighted by atomic mass is 10.1. The number of carbonyl (C=O) groups excluding carboxylic acids is 2. The number of methoxy groups -OCH3 is 1. The summed E-state index contributed by atoms with van der Waals surface area (Å²) in [6.45, 7) is 0.258. The van der Waals surface area contributed by atoms with Crippen LogP contribution < -0.4 is 4.74 Å². The van der Waals surface area contributed by atoms with E-state index in [9.17, 15) is 9.59 Å². The highest BCUT2D eigenvalue weighted by Gasteiger charge is 2.39. The summed E-state index contributed by atoms with van der Waals surface area (Å²) in [6, 6.07) is 12.8. The average molecular weight is 441 g/mol. The molecule has 2 aromatic carbocycles. The summed E-state index contributed by atoms with van der Waals surface area (Å²) < 4.78 is 6.26. The quantitative estimate of drug-likeness (QED) is 0.662. The van der Waals surface area contributed by atoms with Gasteiger partial charge in [-0.25, -0.2) is 0 Å². The zero-order valence-corrected chi connectivity index (χ0v) is 16.5. The van der Waals surface area contributed by atoms with E-state index < -0.39 is 5.25 Å². The molecule has 2 amide bonds. The molecule has 0 spiro atoms. The number of carbonyl (C=O) groups is 2. The van der Waals surface area contributed by atoms with Crippen LogP contribution in [0, 0.1) is 0 Å². The topological polar surface area (TPSA) is 46.6 Å². The number of rotatable bonds is 5. The maximum absolute atomic E-state index is 12.7.